The molecule has 0 saturated heterocycles. The van der Waals surface area contributed by atoms with Gasteiger partial charge in [-0.15, -0.1) is 11.3 Å². The molecule has 0 aliphatic rings. The van der Waals surface area contributed by atoms with Crippen LogP contribution in [-0.4, -0.2) is 4.98 Å². The van der Waals surface area contributed by atoms with Crippen molar-refractivity contribution in [2.75, 3.05) is 5.32 Å². The molecule has 21 heavy (non-hydrogen) atoms. The zero-order valence-corrected chi connectivity index (χ0v) is 14.4. The van der Waals surface area contributed by atoms with E-state index in [1.807, 2.05) is 6.20 Å². The number of pyridine rings is 1. The molecular weight excluding hydrogens is 344 g/mol. The number of fused-ring (bicyclic) bond motifs is 1. The summed E-state index contributed by atoms with van der Waals surface area (Å²) in [4.78, 5) is 5.93. The molecule has 3 rings (SSSR count). The number of aromatic nitrogens is 1. The zero-order chi connectivity index (χ0) is 14.8. The van der Waals surface area contributed by atoms with E-state index in [1.54, 1.807) is 11.3 Å². The van der Waals surface area contributed by atoms with Crippen molar-refractivity contribution in [3.05, 3.63) is 57.3 Å². The number of thiophene rings is 1. The zero-order valence-electron chi connectivity index (χ0n) is 12.0. The quantitative estimate of drug-likeness (QED) is 0.629. The molecule has 0 aliphatic carbocycles. The second kappa shape index (κ2) is 6.16. The number of para-hydroxylation sites is 1. The van der Waals surface area contributed by atoms with Crippen molar-refractivity contribution in [3.8, 4) is 0 Å². The normalized spacial score (nSPS) is 12.8. The summed E-state index contributed by atoms with van der Waals surface area (Å²) in [7, 11) is 0. The molecular formula is C17H17BrN2S. The molecule has 1 atom stereocenters. The first-order chi connectivity index (χ1) is 10.1. The smallest absolute Gasteiger partial charge is 0.0934 e. The molecule has 0 radical (unpaired) electrons. The van der Waals surface area contributed by atoms with Crippen LogP contribution >= 0.6 is 27.3 Å². The molecule has 2 heterocycles. The van der Waals surface area contributed by atoms with E-state index in [9.17, 15) is 0 Å². The topological polar surface area (TPSA) is 24.9 Å². The third-order valence-corrected chi connectivity index (χ3v) is 4.89. The molecule has 4 heteroatoms. The lowest BCUT2D eigenvalue weighted by Gasteiger charge is -2.23. The molecule has 0 spiro atoms. The molecule has 108 valence electrons. The predicted molar refractivity (Wildman–Crippen MR) is 95.0 cm³/mol. The Labute approximate surface area is 137 Å². The van der Waals surface area contributed by atoms with E-state index in [4.69, 9.17) is 0 Å². The monoisotopic (exact) mass is 360 g/mol. The summed E-state index contributed by atoms with van der Waals surface area (Å²) in [5, 5.41) is 6.95. The van der Waals surface area contributed by atoms with Gasteiger partial charge in [0.05, 0.1) is 17.2 Å². The summed E-state index contributed by atoms with van der Waals surface area (Å²) < 4.78 is 1.01. The lowest BCUT2D eigenvalue weighted by atomic mass is 10.0. The summed E-state index contributed by atoms with van der Waals surface area (Å²) in [6.45, 7) is 4.49. The molecule has 1 unspecified atom stereocenters. The van der Waals surface area contributed by atoms with Crippen LogP contribution in [0.15, 0.2) is 52.4 Å². The fourth-order valence-corrected chi connectivity index (χ4v) is 3.75. The minimum atomic E-state index is 0.307. The number of benzene rings is 1. The van der Waals surface area contributed by atoms with Gasteiger partial charge in [0.15, 0.2) is 0 Å². The summed E-state index contributed by atoms with van der Waals surface area (Å²) in [5.41, 5.74) is 2.11. The van der Waals surface area contributed by atoms with Gasteiger partial charge in [-0.1, -0.05) is 32.0 Å². The van der Waals surface area contributed by atoms with Gasteiger partial charge in [0.2, 0.25) is 0 Å². The van der Waals surface area contributed by atoms with Gasteiger partial charge in [-0.2, -0.15) is 0 Å². The average molecular weight is 361 g/mol. The Bertz CT molecular complexity index is 738. The first-order valence-electron chi connectivity index (χ1n) is 6.99. The maximum Gasteiger partial charge on any atom is 0.0934 e. The molecule has 0 aliphatic heterocycles. The Morgan fingerprint density at radius 3 is 2.76 bits per heavy atom. The van der Waals surface area contributed by atoms with Gasteiger partial charge in [-0.05, 0) is 45.4 Å². The van der Waals surface area contributed by atoms with Crippen molar-refractivity contribution < 1.29 is 0 Å². The standard InChI is InChI=1S/C17H17BrN2S/c1-11(2)16(15-7-4-8-21-15)20-14-6-3-5-12-9-13(18)10-19-17(12)14/h3-11,16,20H,1-2H3. The molecule has 2 aromatic heterocycles. The number of halogens is 1. The number of hydrogen-bond donors (Lipinski definition) is 1. The van der Waals surface area contributed by atoms with Gasteiger partial charge in [-0.25, -0.2) is 0 Å². The molecule has 0 bridgehead atoms. The van der Waals surface area contributed by atoms with Crippen LogP contribution in [0, 0.1) is 5.92 Å². The Hall–Kier alpha value is -1.39. The van der Waals surface area contributed by atoms with E-state index in [2.05, 4.69) is 81.9 Å². The van der Waals surface area contributed by atoms with Gasteiger partial charge in [-0.3, -0.25) is 4.98 Å². The maximum atomic E-state index is 4.57. The molecule has 0 saturated carbocycles. The maximum absolute atomic E-state index is 4.57. The third-order valence-electron chi connectivity index (χ3n) is 3.50. The van der Waals surface area contributed by atoms with Crippen LogP contribution in [0.2, 0.25) is 0 Å². The van der Waals surface area contributed by atoms with Crippen molar-refractivity contribution in [2.24, 2.45) is 5.92 Å². The van der Waals surface area contributed by atoms with E-state index in [-0.39, 0.29) is 0 Å². The van der Waals surface area contributed by atoms with Crippen LogP contribution in [0.25, 0.3) is 10.9 Å². The summed E-state index contributed by atoms with van der Waals surface area (Å²) in [5.74, 6) is 0.509. The van der Waals surface area contributed by atoms with Crippen molar-refractivity contribution in [2.45, 2.75) is 19.9 Å². The van der Waals surface area contributed by atoms with Gasteiger partial charge >= 0.3 is 0 Å². The Kier molecular flexibility index (Phi) is 4.27. The second-order valence-corrected chi connectivity index (χ2v) is 7.31. The van der Waals surface area contributed by atoms with Crippen LogP contribution in [0.1, 0.15) is 24.8 Å². The van der Waals surface area contributed by atoms with Gasteiger partial charge in [0, 0.05) is 20.9 Å². The van der Waals surface area contributed by atoms with E-state index >= 15 is 0 Å². The fourth-order valence-electron chi connectivity index (χ4n) is 2.45. The third kappa shape index (κ3) is 3.11. The number of nitrogens with zero attached hydrogens (tertiary/aromatic N) is 1. The van der Waals surface area contributed by atoms with Crippen molar-refractivity contribution >= 4 is 43.9 Å². The average Bonchev–Trinajstić information content (AvgIpc) is 2.97. The summed E-state index contributed by atoms with van der Waals surface area (Å²) in [6, 6.07) is 13.0. The lowest BCUT2D eigenvalue weighted by molar-refractivity contribution is 0.554. The molecule has 0 fully saturated rings. The van der Waals surface area contributed by atoms with Crippen molar-refractivity contribution in [3.63, 3.8) is 0 Å². The van der Waals surface area contributed by atoms with Crippen LogP contribution < -0.4 is 5.32 Å². The van der Waals surface area contributed by atoms with E-state index in [0.29, 0.717) is 12.0 Å². The van der Waals surface area contributed by atoms with Crippen LogP contribution in [-0.2, 0) is 0 Å². The largest absolute Gasteiger partial charge is 0.375 e. The number of rotatable bonds is 4. The summed E-state index contributed by atoms with van der Waals surface area (Å²) in [6.07, 6.45) is 1.85. The Morgan fingerprint density at radius 2 is 2.05 bits per heavy atom. The molecule has 2 nitrogen and oxygen atoms in total. The molecule has 3 aromatic rings. The SMILES string of the molecule is CC(C)C(Nc1cccc2cc(Br)cnc12)c1cccs1. The predicted octanol–water partition coefficient (Wildman–Crippen LogP) is 5.87. The number of anilines is 1. The molecule has 0 amide bonds. The van der Waals surface area contributed by atoms with E-state index in [0.717, 1.165) is 21.1 Å². The van der Waals surface area contributed by atoms with Gasteiger partial charge in [0.1, 0.15) is 0 Å². The van der Waals surface area contributed by atoms with Crippen LogP contribution in [0.5, 0.6) is 0 Å². The minimum absolute atomic E-state index is 0.307. The number of hydrogen-bond acceptors (Lipinski definition) is 3. The fraction of sp³-hybridized carbons (Fsp3) is 0.235. The second-order valence-electron chi connectivity index (χ2n) is 5.41. The van der Waals surface area contributed by atoms with E-state index < -0.39 is 0 Å². The highest BCUT2D eigenvalue weighted by atomic mass is 79.9. The first-order valence-corrected chi connectivity index (χ1v) is 8.66. The Morgan fingerprint density at radius 1 is 1.19 bits per heavy atom. The molecule has 1 aromatic carbocycles. The highest BCUT2D eigenvalue weighted by molar-refractivity contribution is 9.10. The Balaban J connectivity index is 2.00. The van der Waals surface area contributed by atoms with Crippen LogP contribution in [0.3, 0.4) is 0 Å². The summed E-state index contributed by atoms with van der Waals surface area (Å²) >= 11 is 5.28. The van der Waals surface area contributed by atoms with Crippen molar-refractivity contribution in [1.29, 1.82) is 0 Å². The van der Waals surface area contributed by atoms with E-state index in [1.165, 1.54) is 4.88 Å². The number of nitrogens with one attached hydrogen (secondary N) is 1. The van der Waals surface area contributed by atoms with Gasteiger partial charge < -0.3 is 5.32 Å². The minimum Gasteiger partial charge on any atom is -0.375 e. The highest BCUT2D eigenvalue weighted by Crippen LogP contribution is 2.32. The highest BCUT2D eigenvalue weighted by Gasteiger charge is 2.17. The molecule has 1 N–H and O–H groups in total. The van der Waals surface area contributed by atoms with Crippen LogP contribution in [0.4, 0.5) is 5.69 Å². The van der Waals surface area contributed by atoms with Gasteiger partial charge in [0.25, 0.3) is 0 Å². The van der Waals surface area contributed by atoms with Crippen molar-refractivity contribution in [1.82, 2.24) is 4.98 Å². The lowest BCUT2D eigenvalue weighted by Crippen LogP contribution is -2.15. The first kappa shape index (κ1) is 14.5.